The van der Waals surface area contributed by atoms with Crippen LogP contribution in [0.1, 0.15) is 40.9 Å². The summed E-state index contributed by atoms with van der Waals surface area (Å²) in [6, 6.07) is 11.9. The monoisotopic (exact) mass is 391 g/mol. The molecule has 28 heavy (non-hydrogen) atoms. The van der Waals surface area contributed by atoms with E-state index in [9.17, 15) is 4.79 Å². The number of carbonyl (C=O) groups excluding carboxylic acids is 1. The van der Waals surface area contributed by atoms with Crippen molar-refractivity contribution in [2.75, 3.05) is 0 Å². The highest BCUT2D eigenvalue weighted by Crippen LogP contribution is 2.26. The van der Waals surface area contributed by atoms with Crippen molar-refractivity contribution in [3.63, 3.8) is 0 Å². The Bertz CT molecular complexity index is 1130. The third kappa shape index (κ3) is 3.53. The van der Waals surface area contributed by atoms with E-state index in [1.54, 1.807) is 17.5 Å². The predicted octanol–water partition coefficient (Wildman–Crippen LogP) is 4.37. The minimum Gasteiger partial charge on any atom is -0.346 e. The fraction of sp³-hybridized carbons (Fsp3) is 0.238. The maximum Gasteiger partial charge on any atom is 0.252 e. The number of rotatable bonds is 5. The van der Waals surface area contributed by atoms with Gasteiger partial charge in [-0.2, -0.15) is 5.10 Å². The van der Waals surface area contributed by atoms with Crippen molar-refractivity contribution >= 4 is 28.3 Å². The van der Waals surface area contributed by atoms with Gasteiger partial charge in [-0.1, -0.05) is 30.3 Å². The zero-order chi connectivity index (χ0) is 19.7. The van der Waals surface area contributed by atoms with Gasteiger partial charge in [0.2, 0.25) is 0 Å². The van der Waals surface area contributed by atoms with E-state index in [2.05, 4.69) is 15.4 Å². The molecule has 1 aromatic carbocycles. The maximum atomic E-state index is 13.0. The van der Waals surface area contributed by atoms with Crippen LogP contribution >= 0.6 is 11.3 Å². The number of aromatic nitrogens is 4. The number of hydrogen-bond donors (Lipinski definition) is 1. The Morgan fingerprint density at radius 1 is 1.21 bits per heavy atom. The fourth-order valence-corrected chi connectivity index (χ4v) is 3.79. The molecule has 6 nitrogen and oxygen atoms in total. The van der Waals surface area contributed by atoms with Crippen LogP contribution in [-0.2, 0) is 6.54 Å². The Labute approximate surface area is 167 Å². The molecule has 1 amide bonds. The smallest absolute Gasteiger partial charge is 0.252 e. The van der Waals surface area contributed by atoms with E-state index in [1.165, 1.54) is 0 Å². The molecular formula is C21H21N5OS. The highest BCUT2D eigenvalue weighted by atomic mass is 32.1. The first-order chi connectivity index (χ1) is 13.5. The number of benzene rings is 1. The van der Waals surface area contributed by atoms with E-state index in [4.69, 9.17) is 4.98 Å². The second-order valence-electron chi connectivity index (χ2n) is 6.91. The third-order valence-electron chi connectivity index (χ3n) is 4.44. The number of thiazole rings is 1. The number of pyridine rings is 1. The van der Waals surface area contributed by atoms with Crippen molar-refractivity contribution in [1.82, 2.24) is 25.1 Å². The molecule has 142 valence electrons. The molecule has 3 heterocycles. The van der Waals surface area contributed by atoms with Gasteiger partial charge in [-0.15, -0.1) is 11.3 Å². The lowest BCUT2D eigenvalue weighted by atomic mass is 10.1. The summed E-state index contributed by atoms with van der Waals surface area (Å²) in [4.78, 5) is 22.2. The summed E-state index contributed by atoms with van der Waals surface area (Å²) in [6.07, 6.45) is 1.72. The SMILES string of the molecule is Cc1csc(CNC(=O)c2cc(-c3ccccc3)nc3c2cnn3C(C)C)n1. The summed E-state index contributed by atoms with van der Waals surface area (Å²) in [5.74, 6) is -0.152. The van der Waals surface area contributed by atoms with Crippen LogP contribution < -0.4 is 5.32 Å². The zero-order valence-corrected chi connectivity index (χ0v) is 16.8. The van der Waals surface area contributed by atoms with Crippen LogP contribution in [-0.4, -0.2) is 25.7 Å². The van der Waals surface area contributed by atoms with Crippen molar-refractivity contribution in [1.29, 1.82) is 0 Å². The molecule has 0 spiro atoms. The highest BCUT2D eigenvalue weighted by molar-refractivity contribution is 7.09. The lowest BCUT2D eigenvalue weighted by Gasteiger charge is -2.11. The van der Waals surface area contributed by atoms with Crippen LogP contribution in [0.5, 0.6) is 0 Å². The number of carbonyl (C=O) groups is 1. The van der Waals surface area contributed by atoms with Crippen molar-refractivity contribution in [2.24, 2.45) is 0 Å². The van der Waals surface area contributed by atoms with Gasteiger partial charge in [0.1, 0.15) is 5.01 Å². The largest absolute Gasteiger partial charge is 0.346 e. The lowest BCUT2D eigenvalue weighted by Crippen LogP contribution is -2.23. The van der Waals surface area contributed by atoms with Crippen molar-refractivity contribution in [3.8, 4) is 11.3 Å². The summed E-state index contributed by atoms with van der Waals surface area (Å²) in [5.41, 5.74) is 3.97. The molecule has 0 saturated carbocycles. The minimum absolute atomic E-state index is 0.144. The summed E-state index contributed by atoms with van der Waals surface area (Å²) >= 11 is 1.54. The van der Waals surface area contributed by atoms with E-state index in [0.717, 1.165) is 27.3 Å². The van der Waals surface area contributed by atoms with E-state index >= 15 is 0 Å². The molecule has 4 aromatic rings. The highest BCUT2D eigenvalue weighted by Gasteiger charge is 2.18. The van der Waals surface area contributed by atoms with E-state index < -0.39 is 0 Å². The number of aryl methyl sites for hydroxylation is 1. The van der Waals surface area contributed by atoms with Gasteiger partial charge < -0.3 is 5.32 Å². The Hall–Kier alpha value is -3.06. The summed E-state index contributed by atoms with van der Waals surface area (Å²) < 4.78 is 1.85. The summed E-state index contributed by atoms with van der Waals surface area (Å²) in [5, 5.41) is 11.1. The first-order valence-corrected chi connectivity index (χ1v) is 10.0. The number of nitrogens with one attached hydrogen (secondary N) is 1. The molecule has 1 N–H and O–H groups in total. The molecule has 0 fully saturated rings. The molecule has 0 saturated heterocycles. The van der Waals surface area contributed by atoms with Crippen LogP contribution in [0.25, 0.3) is 22.3 Å². The second kappa shape index (κ2) is 7.52. The van der Waals surface area contributed by atoms with Crippen molar-refractivity contribution in [3.05, 3.63) is 64.2 Å². The van der Waals surface area contributed by atoms with E-state index in [0.29, 0.717) is 17.8 Å². The molecule has 0 atom stereocenters. The van der Waals surface area contributed by atoms with Gasteiger partial charge in [0.15, 0.2) is 5.65 Å². The average Bonchev–Trinajstić information content (AvgIpc) is 3.32. The molecule has 0 radical (unpaired) electrons. The van der Waals surface area contributed by atoms with Crippen LogP contribution in [0.15, 0.2) is 48.0 Å². The lowest BCUT2D eigenvalue weighted by molar-refractivity contribution is 0.0952. The van der Waals surface area contributed by atoms with Crippen molar-refractivity contribution < 1.29 is 4.79 Å². The standard InChI is InChI=1S/C21H21N5OS/c1-13(2)26-20-17(10-23-26)16(9-18(25-20)15-7-5-4-6-8-15)21(27)22-11-19-24-14(3)12-28-19/h4-10,12-13H,11H2,1-3H3,(H,22,27). The van der Waals surface area contributed by atoms with Crippen LogP contribution in [0.3, 0.4) is 0 Å². The van der Waals surface area contributed by atoms with Crippen LogP contribution in [0.2, 0.25) is 0 Å². The molecule has 0 aliphatic rings. The molecule has 0 aliphatic carbocycles. The maximum absolute atomic E-state index is 13.0. The topological polar surface area (TPSA) is 72.7 Å². The molecule has 3 aromatic heterocycles. The van der Waals surface area contributed by atoms with Crippen LogP contribution in [0.4, 0.5) is 0 Å². The summed E-state index contributed by atoms with van der Waals surface area (Å²) in [6.45, 7) is 6.45. The predicted molar refractivity (Wildman–Crippen MR) is 111 cm³/mol. The van der Waals surface area contributed by atoms with Gasteiger partial charge in [0.05, 0.1) is 29.4 Å². The molecule has 0 unspecified atom stereocenters. The third-order valence-corrected chi connectivity index (χ3v) is 5.40. The van der Waals surface area contributed by atoms with E-state index in [1.807, 2.05) is 67.2 Å². The Morgan fingerprint density at radius 2 is 2.00 bits per heavy atom. The average molecular weight is 392 g/mol. The minimum atomic E-state index is -0.152. The first-order valence-electron chi connectivity index (χ1n) is 9.16. The van der Waals surface area contributed by atoms with E-state index in [-0.39, 0.29) is 11.9 Å². The fourth-order valence-electron chi connectivity index (χ4n) is 3.08. The number of amides is 1. The van der Waals surface area contributed by atoms with Gasteiger partial charge in [-0.25, -0.2) is 14.6 Å². The molecule has 7 heteroatoms. The van der Waals surface area contributed by atoms with Gasteiger partial charge >= 0.3 is 0 Å². The first kappa shape index (κ1) is 18.3. The van der Waals surface area contributed by atoms with Gasteiger partial charge in [-0.3, -0.25) is 4.79 Å². The van der Waals surface area contributed by atoms with Gasteiger partial charge in [-0.05, 0) is 26.8 Å². The molecular weight excluding hydrogens is 370 g/mol. The van der Waals surface area contributed by atoms with Gasteiger partial charge in [0.25, 0.3) is 5.91 Å². The normalized spacial score (nSPS) is 11.3. The zero-order valence-electron chi connectivity index (χ0n) is 16.0. The summed E-state index contributed by atoms with van der Waals surface area (Å²) in [7, 11) is 0. The number of hydrogen-bond acceptors (Lipinski definition) is 5. The second-order valence-corrected chi connectivity index (χ2v) is 7.85. The molecule has 4 rings (SSSR count). The number of nitrogens with zero attached hydrogens (tertiary/aromatic N) is 4. The number of fused-ring (bicyclic) bond motifs is 1. The van der Waals surface area contributed by atoms with Gasteiger partial charge in [0, 0.05) is 22.7 Å². The molecule has 0 aliphatic heterocycles. The Morgan fingerprint density at radius 3 is 2.68 bits per heavy atom. The Kier molecular flexibility index (Phi) is 4.92. The quantitative estimate of drug-likeness (QED) is 0.548. The van der Waals surface area contributed by atoms with Crippen LogP contribution in [0, 0.1) is 6.92 Å². The Balaban J connectivity index is 1.76. The van der Waals surface area contributed by atoms with Crippen molar-refractivity contribution in [2.45, 2.75) is 33.4 Å². The molecule has 0 bridgehead atoms.